The highest BCUT2D eigenvalue weighted by atomic mass is 16.6. The summed E-state index contributed by atoms with van der Waals surface area (Å²) in [4.78, 5) is 41.1. The van der Waals surface area contributed by atoms with E-state index in [-0.39, 0.29) is 25.3 Å². The summed E-state index contributed by atoms with van der Waals surface area (Å²) in [6.07, 6.45) is 0.0439. The van der Waals surface area contributed by atoms with Gasteiger partial charge in [0, 0.05) is 18.8 Å². The number of morpholine rings is 1. The second-order valence-electron chi connectivity index (χ2n) is 9.24. The van der Waals surface area contributed by atoms with Crippen molar-refractivity contribution < 1.29 is 19.0 Å². The first-order valence-electron chi connectivity index (χ1n) is 10.2. The van der Waals surface area contributed by atoms with Crippen molar-refractivity contribution in [3.05, 3.63) is 32.6 Å². The van der Waals surface area contributed by atoms with Gasteiger partial charge in [0.2, 0.25) is 0 Å². The maximum absolute atomic E-state index is 12.7. The molecule has 1 unspecified atom stereocenters. The number of carbonyl (C=O) groups excluding carboxylic acids is 1. The Labute approximate surface area is 175 Å². The van der Waals surface area contributed by atoms with Crippen LogP contribution in [-0.2, 0) is 14.2 Å². The molecular formula is C20H32N4O6. The van der Waals surface area contributed by atoms with Crippen LogP contribution in [0.2, 0.25) is 0 Å². The molecule has 0 saturated carbocycles. The van der Waals surface area contributed by atoms with Crippen molar-refractivity contribution in [3.63, 3.8) is 0 Å². The van der Waals surface area contributed by atoms with Gasteiger partial charge in [0.05, 0.1) is 24.9 Å². The molecule has 2 N–H and O–H groups in total. The van der Waals surface area contributed by atoms with E-state index in [9.17, 15) is 14.4 Å². The average molecular weight is 424 g/mol. The predicted octanol–water partition coefficient (Wildman–Crippen LogP) is 0.745. The van der Waals surface area contributed by atoms with E-state index in [1.54, 1.807) is 18.9 Å². The van der Waals surface area contributed by atoms with Crippen LogP contribution < -0.4 is 16.6 Å². The number of amides is 2. The largest absolute Gasteiger partial charge is 0.376 e. The summed E-state index contributed by atoms with van der Waals surface area (Å²) in [6, 6.07) is -0.876. The molecule has 2 aliphatic heterocycles. The first kappa shape index (κ1) is 22.5. The molecule has 2 amide bonds. The van der Waals surface area contributed by atoms with Gasteiger partial charge in [-0.15, -0.1) is 0 Å². The molecule has 2 aliphatic rings. The van der Waals surface area contributed by atoms with Crippen LogP contribution in [0.4, 0.5) is 4.79 Å². The van der Waals surface area contributed by atoms with Crippen LogP contribution in [0.1, 0.15) is 46.4 Å². The van der Waals surface area contributed by atoms with Crippen LogP contribution in [-0.4, -0.2) is 70.1 Å². The van der Waals surface area contributed by atoms with Crippen LogP contribution in [0, 0.1) is 6.92 Å². The average Bonchev–Trinajstić information content (AvgIpc) is 3.10. The molecule has 2 bridgehead atoms. The van der Waals surface area contributed by atoms with Gasteiger partial charge in [-0.2, -0.15) is 0 Å². The number of nitrogens with zero attached hydrogens (tertiary/aromatic N) is 2. The van der Waals surface area contributed by atoms with Crippen LogP contribution in [0.5, 0.6) is 0 Å². The van der Waals surface area contributed by atoms with E-state index in [1.165, 1.54) is 10.8 Å². The lowest BCUT2D eigenvalue weighted by Crippen LogP contribution is -2.53. The van der Waals surface area contributed by atoms with Gasteiger partial charge in [0.15, 0.2) is 6.23 Å². The Hall–Kier alpha value is -2.17. The molecule has 1 aromatic rings. The van der Waals surface area contributed by atoms with E-state index in [1.807, 2.05) is 34.6 Å². The van der Waals surface area contributed by atoms with Gasteiger partial charge in [0.1, 0.15) is 17.7 Å². The SMILES string of the molecule is CNC(=O)N1C[C@]2(COC(C)C)OC(n3cc(C)c(=O)[nH]c3=O)[C@H]1[C@@H]2OC(C)(C)C. The summed E-state index contributed by atoms with van der Waals surface area (Å²) in [7, 11) is 1.55. The van der Waals surface area contributed by atoms with Crippen LogP contribution in [0.25, 0.3) is 0 Å². The van der Waals surface area contributed by atoms with Crippen molar-refractivity contribution in [3.8, 4) is 0 Å². The molecule has 4 atom stereocenters. The number of hydrogen-bond donors (Lipinski definition) is 2. The molecule has 0 radical (unpaired) electrons. The summed E-state index contributed by atoms with van der Waals surface area (Å²) in [5, 5.41) is 2.65. The summed E-state index contributed by atoms with van der Waals surface area (Å²) >= 11 is 0. The number of urea groups is 1. The third kappa shape index (κ3) is 4.03. The van der Waals surface area contributed by atoms with Crippen molar-refractivity contribution in [1.82, 2.24) is 19.8 Å². The van der Waals surface area contributed by atoms with E-state index in [0.717, 1.165) is 0 Å². The topological polar surface area (TPSA) is 115 Å². The first-order chi connectivity index (χ1) is 13.9. The van der Waals surface area contributed by atoms with Crippen LogP contribution in [0.15, 0.2) is 15.8 Å². The van der Waals surface area contributed by atoms with E-state index < -0.39 is 40.8 Å². The Morgan fingerprint density at radius 3 is 2.63 bits per heavy atom. The number of fused-ring (bicyclic) bond motifs is 2. The van der Waals surface area contributed by atoms with Gasteiger partial charge < -0.3 is 24.4 Å². The summed E-state index contributed by atoms with van der Waals surface area (Å²) < 4.78 is 20.0. The number of aryl methyl sites for hydroxylation is 1. The highest BCUT2D eigenvalue weighted by Gasteiger charge is 2.67. The van der Waals surface area contributed by atoms with E-state index in [2.05, 4.69) is 10.3 Å². The number of nitrogens with one attached hydrogen (secondary N) is 2. The van der Waals surface area contributed by atoms with Gasteiger partial charge in [-0.3, -0.25) is 14.3 Å². The fourth-order valence-corrected chi connectivity index (χ4v) is 4.05. The third-order valence-corrected chi connectivity index (χ3v) is 5.31. The third-order valence-electron chi connectivity index (χ3n) is 5.31. The second kappa shape index (κ2) is 7.82. The number of carbonyl (C=O) groups is 1. The molecular weight excluding hydrogens is 392 g/mol. The summed E-state index contributed by atoms with van der Waals surface area (Å²) in [5.74, 6) is 0. The molecule has 3 heterocycles. The van der Waals surface area contributed by atoms with Crippen molar-refractivity contribution in [2.24, 2.45) is 0 Å². The number of H-pyrrole nitrogens is 1. The fraction of sp³-hybridized carbons (Fsp3) is 0.750. The Kier molecular flexibility index (Phi) is 5.87. The minimum Gasteiger partial charge on any atom is -0.376 e. The number of hydrogen-bond acceptors (Lipinski definition) is 6. The normalized spacial score (nSPS) is 28.4. The molecule has 2 fully saturated rings. The minimum atomic E-state index is -0.955. The lowest BCUT2D eigenvalue weighted by Gasteiger charge is -2.37. The molecule has 2 saturated heterocycles. The molecule has 0 spiro atoms. The van der Waals surface area contributed by atoms with Crippen molar-refractivity contribution in [1.29, 1.82) is 0 Å². The number of likely N-dealkylation sites (tertiary alicyclic amines) is 1. The van der Waals surface area contributed by atoms with Crippen molar-refractivity contribution in [2.45, 2.75) is 77.2 Å². The minimum absolute atomic E-state index is 0.0529. The molecule has 10 heteroatoms. The molecule has 3 rings (SSSR count). The van der Waals surface area contributed by atoms with Gasteiger partial charge >= 0.3 is 11.7 Å². The van der Waals surface area contributed by atoms with Gasteiger partial charge in [0.25, 0.3) is 5.56 Å². The van der Waals surface area contributed by atoms with Gasteiger partial charge in [-0.05, 0) is 41.5 Å². The number of ether oxygens (including phenoxy) is 3. The summed E-state index contributed by atoms with van der Waals surface area (Å²) in [6.45, 7) is 11.7. The van der Waals surface area contributed by atoms with Crippen LogP contribution >= 0.6 is 0 Å². The van der Waals surface area contributed by atoms with E-state index in [0.29, 0.717) is 5.56 Å². The Morgan fingerprint density at radius 1 is 1.40 bits per heavy atom. The standard InChI is InChI=1S/C20H32N4O6/c1-11(2)28-10-20-9-24(17(26)21-7)13(14(20)29-19(4,5)6)16(30-20)23-8-12(3)15(25)22-18(23)27/h8,11,13-14,16H,9-10H2,1-7H3,(H,21,26)(H,22,25,27)/t13-,14+,16?,20-/m1/s1. The zero-order chi connectivity index (χ0) is 22.4. The molecule has 0 aromatic carbocycles. The summed E-state index contributed by atoms with van der Waals surface area (Å²) in [5.41, 5.74) is -2.16. The van der Waals surface area contributed by atoms with Gasteiger partial charge in [-0.25, -0.2) is 9.59 Å². The lowest BCUT2D eigenvalue weighted by atomic mass is 9.98. The number of rotatable bonds is 5. The predicted molar refractivity (Wildman–Crippen MR) is 110 cm³/mol. The van der Waals surface area contributed by atoms with Gasteiger partial charge in [-0.1, -0.05) is 0 Å². The smallest absolute Gasteiger partial charge is 0.330 e. The Bertz CT molecular complexity index is 917. The lowest BCUT2D eigenvalue weighted by molar-refractivity contribution is -0.180. The monoisotopic (exact) mass is 424 g/mol. The number of aromatic nitrogens is 2. The fourth-order valence-electron chi connectivity index (χ4n) is 4.05. The van der Waals surface area contributed by atoms with Crippen molar-refractivity contribution >= 4 is 6.03 Å². The first-order valence-corrected chi connectivity index (χ1v) is 10.2. The molecule has 30 heavy (non-hydrogen) atoms. The molecule has 10 nitrogen and oxygen atoms in total. The Morgan fingerprint density at radius 2 is 2.07 bits per heavy atom. The van der Waals surface area contributed by atoms with Crippen molar-refractivity contribution in [2.75, 3.05) is 20.2 Å². The number of aromatic amines is 1. The Balaban J connectivity index is 2.12. The second-order valence-corrected chi connectivity index (χ2v) is 9.24. The van der Waals surface area contributed by atoms with E-state index >= 15 is 0 Å². The maximum Gasteiger partial charge on any atom is 0.330 e. The molecule has 1 aromatic heterocycles. The zero-order valence-electron chi connectivity index (χ0n) is 18.6. The van der Waals surface area contributed by atoms with E-state index in [4.69, 9.17) is 14.2 Å². The highest BCUT2D eigenvalue weighted by Crippen LogP contribution is 2.49. The quantitative estimate of drug-likeness (QED) is 0.721. The maximum atomic E-state index is 12.7. The zero-order valence-corrected chi connectivity index (χ0v) is 18.6. The van der Waals surface area contributed by atoms with Crippen LogP contribution in [0.3, 0.4) is 0 Å². The highest BCUT2D eigenvalue weighted by molar-refractivity contribution is 5.75. The molecule has 168 valence electrons. The molecule has 0 aliphatic carbocycles.